The lowest BCUT2D eigenvalue weighted by atomic mass is 10.1. The van der Waals surface area contributed by atoms with Crippen molar-refractivity contribution in [1.82, 2.24) is 10.6 Å². The number of carbonyl (C=O) groups excluding carboxylic acids is 4. The van der Waals surface area contributed by atoms with E-state index in [-0.39, 0.29) is 30.1 Å². The molecular weight excluding hydrogens is 484 g/mol. The highest BCUT2D eigenvalue weighted by Gasteiger charge is 2.26. The smallest absolute Gasteiger partial charge is 0.329 e. The van der Waals surface area contributed by atoms with Crippen molar-refractivity contribution in [1.29, 1.82) is 0 Å². The zero-order chi connectivity index (χ0) is 28.0. The van der Waals surface area contributed by atoms with Crippen LogP contribution in [0.15, 0.2) is 103 Å². The van der Waals surface area contributed by atoms with Crippen LogP contribution >= 0.6 is 0 Å². The van der Waals surface area contributed by atoms with Crippen LogP contribution in [0.4, 0.5) is 0 Å². The molecule has 1 aliphatic rings. The number of carbonyl (C=O) groups is 4. The van der Waals surface area contributed by atoms with E-state index in [2.05, 4.69) is 10.6 Å². The molecule has 0 heterocycles. The van der Waals surface area contributed by atoms with Crippen LogP contribution in [0.3, 0.4) is 0 Å². The van der Waals surface area contributed by atoms with Gasteiger partial charge in [-0.2, -0.15) is 0 Å². The summed E-state index contributed by atoms with van der Waals surface area (Å²) in [5, 5.41) is 14.7. The van der Waals surface area contributed by atoms with Gasteiger partial charge in [-0.25, -0.2) is 4.79 Å². The Bertz CT molecular complexity index is 1180. The van der Waals surface area contributed by atoms with Crippen molar-refractivity contribution in [2.24, 2.45) is 0 Å². The van der Waals surface area contributed by atoms with Gasteiger partial charge in [-0.05, 0) is 26.3 Å². The molecule has 0 fully saturated rings. The summed E-state index contributed by atoms with van der Waals surface area (Å²) >= 11 is 0. The second kappa shape index (κ2) is 14.9. The predicted molar refractivity (Wildman–Crippen MR) is 146 cm³/mol. The number of hydrogen-bond acceptors (Lipinski definition) is 6. The monoisotopic (exact) mass is 518 g/mol. The van der Waals surface area contributed by atoms with Crippen LogP contribution in [0.1, 0.15) is 39.2 Å². The molecule has 1 aromatic carbocycles. The number of benzene rings is 1. The molecule has 2 rings (SSSR count). The van der Waals surface area contributed by atoms with Crippen LogP contribution in [0, 0.1) is 0 Å². The van der Waals surface area contributed by atoms with Gasteiger partial charge in [-0.3, -0.25) is 14.4 Å². The lowest BCUT2D eigenvalue weighted by Crippen LogP contribution is -2.45. The number of ketones is 1. The Balaban J connectivity index is 1.81. The molecule has 200 valence electrons. The molecular formula is C30H34N2O6. The van der Waals surface area contributed by atoms with Crippen LogP contribution in [-0.4, -0.2) is 40.3 Å². The van der Waals surface area contributed by atoms with Crippen LogP contribution < -0.4 is 10.6 Å². The van der Waals surface area contributed by atoms with Gasteiger partial charge in [-0.15, -0.1) is 0 Å². The first-order chi connectivity index (χ1) is 18.0. The van der Waals surface area contributed by atoms with Crippen LogP contribution in [-0.2, 0) is 30.3 Å². The summed E-state index contributed by atoms with van der Waals surface area (Å²) in [5.74, 6) is -1.80. The van der Waals surface area contributed by atoms with Gasteiger partial charge in [0, 0.05) is 31.4 Å². The molecule has 0 aliphatic heterocycles. The maximum atomic E-state index is 12.6. The quantitative estimate of drug-likeness (QED) is 0.231. The van der Waals surface area contributed by atoms with Crippen LogP contribution in [0.5, 0.6) is 0 Å². The number of aliphatic hydroxyl groups is 1. The molecule has 1 aromatic rings. The van der Waals surface area contributed by atoms with E-state index in [1.807, 2.05) is 30.3 Å². The van der Waals surface area contributed by atoms with E-state index < -0.39 is 29.4 Å². The summed E-state index contributed by atoms with van der Waals surface area (Å²) in [6, 6.07) is 8.57. The summed E-state index contributed by atoms with van der Waals surface area (Å²) in [7, 11) is 0. The Kier molecular flexibility index (Phi) is 11.7. The molecule has 2 amide bonds. The van der Waals surface area contributed by atoms with Gasteiger partial charge in [0.25, 0.3) is 0 Å². The SMILES string of the molecule is CC(C)(C)OC(=O)[C@H](Cc1ccccc1)NC(=O)/C=C/C=C/C=C/C=C/C=C/C(=O)NC1=C(O)CCC1=O. The molecule has 0 unspecified atom stereocenters. The van der Waals surface area contributed by atoms with Crippen molar-refractivity contribution in [2.45, 2.75) is 51.7 Å². The lowest BCUT2D eigenvalue weighted by Gasteiger charge is -2.24. The number of nitrogens with one attached hydrogen (secondary N) is 2. The van der Waals surface area contributed by atoms with Crippen LogP contribution in [0.2, 0.25) is 0 Å². The number of amides is 2. The number of aliphatic hydroxyl groups excluding tert-OH is 1. The molecule has 0 radical (unpaired) electrons. The molecule has 8 heteroatoms. The maximum absolute atomic E-state index is 12.6. The molecule has 1 atom stereocenters. The Morgan fingerprint density at radius 3 is 1.97 bits per heavy atom. The van der Waals surface area contributed by atoms with Gasteiger partial charge in [0.1, 0.15) is 23.1 Å². The van der Waals surface area contributed by atoms with Crippen molar-refractivity contribution < 1.29 is 29.0 Å². The topological polar surface area (TPSA) is 122 Å². The number of rotatable bonds is 11. The van der Waals surface area contributed by atoms with Crippen molar-refractivity contribution in [2.75, 3.05) is 0 Å². The maximum Gasteiger partial charge on any atom is 0.329 e. The van der Waals surface area contributed by atoms with Gasteiger partial charge < -0.3 is 20.5 Å². The Labute approximate surface area is 223 Å². The molecule has 1 aliphatic carbocycles. The van der Waals surface area contributed by atoms with Gasteiger partial charge in [0.15, 0.2) is 5.78 Å². The zero-order valence-corrected chi connectivity index (χ0v) is 21.8. The van der Waals surface area contributed by atoms with E-state index >= 15 is 0 Å². The van der Waals surface area contributed by atoms with E-state index in [0.29, 0.717) is 6.42 Å². The molecule has 0 spiro atoms. The number of allylic oxidation sites excluding steroid dienone is 10. The fraction of sp³-hybridized carbons (Fsp3) is 0.267. The highest BCUT2D eigenvalue weighted by atomic mass is 16.6. The van der Waals surface area contributed by atoms with Crippen molar-refractivity contribution in [3.63, 3.8) is 0 Å². The first-order valence-electron chi connectivity index (χ1n) is 12.2. The fourth-order valence-corrected chi connectivity index (χ4v) is 3.26. The molecule has 0 saturated carbocycles. The summed E-state index contributed by atoms with van der Waals surface area (Å²) in [5.41, 5.74) is 0.199. The third-order valence-electron chi connectivity index (χ3n) is 4.97. The number of ether oxygens (including phenoxy) is 1. The minimum atomic E-state index is -0.820. The fourth-order valence-electron chi connectivity index (χ4n) is 3.26. The highest BCUT2D eigenvalue weighted by molar-refractivity contribution is 6.03. The van der Waals surface area contributed by atoms with E-state index in [4.69, 9.17) is 4.74 Å². The first-order valence-corrected chi connectivity index (χ1v) is 12.2. The average Bonchev–Trinajstić information content (AvgIpc) is 3.16. The minimum Gasteiger partial charge on any atom is -0.510 e. The zero-order valence-electron chi connectivity index (χ0n) is 21.8. The third-order valence-corrected chi connectivity index (χ3v) is 4.97. The molecule has 38 heavy (non-hydrogen) atoms. The van der Waals surface area contributed by atoms with E-state index in [1.54, 1.807) is 63.3 Å². The predicted octanol–water partition coefficient (Wildman–Crippen LogP) is 4.09. The molecule has 3 N–H and O–H groups in total. The van der Waals surface area contributed by atoms with Crippen molar-refractivity contribution in [3.8, 4) is 0 Å². The molecule has 0 bridgehead atoms. The minimum absolute atomic E-state index is 0.0352. The Morgan fingerprint density at radius 1 is 0.895 bits per heavy atom. The standard InChI is InChI=1S/C30H34N2O6/c1-30(2,3)38-29(37)23(21-22-15-11-10-12-16-22)31-26(35)17-13-8-6-4-5-7-9-14-18-27(36)32-28-24(33)19-20-25(28)34/h4-18,23,33H,19-21H2,1-3H3,(H,31,35)(H,32,36)/b5-4+,8-6+,9-7+,17-13+,18-14+/t23-/m0/s1. The summed E-state index contributed by atoms with van der Waals surface area (Å²) in [6.45, 7) is 5.33. The Morgan fingerprint density at radius 2 is 1.45 bits per heavy atom. The normalized spacial score (nSPS) is 15.4. The molecule has 8 nitrogen and oxygen atoms in total. The largest absolute Gasteiger partial charge is 0.510 e. The molecule has 0 aromatic heterocycles. The number of Topliss-reactive ketones (excluding diaryl/α,β-unsaturated/α-hetero) is 1. The van der Waals surface area contributed by atoms with Crippen molar-refractivity contribution >= 4 is 23.6 Å². The van der Waals surface area contributed by atoms with Gasteiger partial charge in [0.05, 0.1) is 0 Å². The van der Waals surface area contributed by atoms with Gasteiger partial charge in [0.2, 0.25) is 11.8 Å². The van der Waals surface area contributed by atoms with Crippen molar-refractivity contribution in [3.05, 3.63) is 108 Å². The summed E-state index contributed by atoms with van der Waals surface area (Å²) < 4.78 is 5.46. The number of esters is 1. The summed E-state index contributed by atoms with van der Waals surface area (Å²) in [4.78, 5) is 48.3. The lowest BCUT2D eigenvalue weighted by molar-refractivity contribution is -0.158. The van der Waals surface area contributed by atoms with E-state index in [0.717, 1.165) is 5.56 Å². The van der Waals surface area contributed by atoms with Gasteiger partial charge in [-0.1, -0.05) is 78.9 Å². The Hall–Kier alpha value is -4.46. The second-order valence-corrected chi connectivity index (χ2v) is 9.39. The van der Waals surface area contributed by atoms with E-state index in [9.17, 15) is 24.3 Å². The average molecular weight is 519 g/mol. The number of hydrogen-bond donors (Lipinski definition) is 3. The third kappa shape index (κ3) is 11.5. The first kappa shape index (κ1) is 29.8. The summed E-state index contributed by atoms with van der Waals surface area (Å²) in [6.07, 6.45) is 16.5. The van der Waals surface area contributed by atoms with E-state index in [1.165, 1.54) is 18.2 Å². The second-order valence-electron chi connectivity index (χ2n) is 9.39. The van der Waals surface area contributed by atoms with Gasteiger partial charge >= 0.3 is 5.97 Å². The molecule has 0 saturated heterocycles. The van der Waals surface area contributed by atoms with Crippen LogP contribution in [0.25, 0.3) is 0 Å². The highest BCUT2D eigenvalue weighted by Crippen LogP contribution is 2.18.